The third-order valence-corrected chi connectivity index (χ3v) is 2.60. The number of anilines is 1. The number of carbonyl (C=O) groups is 3. The molecule has 3 rings (SSSR count). The number of nitrogens with two attached hydrogens (primary N) is 1. The van der Waals surface area contributed by atoms with Crippen molar-refractivity contribution in [1.82, 2.24) is 10.2 Å². The summed E-state index contributed by atoms with van der Waals surface area (Å²) in [5.74, 6) is -6.85. The van der Waals surface area contributed by atoms with Gasteiger partial charge in [-0.3, -0.25) is 19.7 Å². The molecule has 0 aliphatic carbocycles. The number of amides is 3. The van der Waals surface area contributed by atoms with Crippen molar-refractivity contribution in [3.63, 3.8) is 0 Å². The molecule has 20 heavy (non-hydrogen) atoms. The Balaban J connectivity index is 2.37. The molecule has 1 saturated heterocycles. The maximum atomic E-state index is 14.1. The average Bonchev–Trinajstić information content (AvgIpc) is 2.81. The van der Waals surface area contributed by atoms with Crippen LogP contribution in [0.3, 0.4) is 0 Å². The number of piperidine rings is 1. The standard InChI is InChI=1S/C13H12FN3O3/c14-6-3-7-8(9(15)4-6)5-17(13(7)20)10-1-2-11(18)16-12(10)19/h3-4,10H,1-2,5,15H2,(H,16,18,19)/t10-/m1/s1/i1D2,2D2,3D,4D,5D2,10D. The molecule has 104 valence electrons. The van der Waals surface area contributed by atoms with E-state index in [0.717, 1.165) is 0 Å². The summed E-state index contributed by atoms with van der Waals surface area (Å²) in [5.41, 5.74) is 2.67. The molecule has 0 bridgehead atoms. The minimum absolute atomic E-state index is 0.322. The maximum absolute atomic E-state index is 14.1. The molecule has 1 aromatic rings. The van der Waals surface area contributed by atoms with Crippen molar-refractivity contribution in [2.75, 3.05) is 5.73 Å². The largest absolute Gasteiger partial charge is 0.398 e. The van der Waals surface area contributed by atoms with Crippen LogP contribution < -0.4 is 11.1 Å². The summed E-state index contributed by atoms with van der Waals surface area (Å²) < 4.78 is 85.2. The fourth-order valence-corrected chi connectivity index (χ4v) is 1.75. The molecule has 0 saturated carbocycles. The second kappa shape index (κ2) is 4.29. The first-order valence-corrected chi connectivity index (χ1v) is 5.26. The summed E-state index contributed by atoms with van der Waals surface area (Å²) in [6.07, 6.45) is -7.32. The lowest BCUT2D eigenvalue weighted by Gasteiger charge is -2.29. The highest BCUT2D eigenvalue weighted by atomic mass is 19.1. The van der Waals surface area contributed by atoms with Gasteiger partial charge in [0.25, 0.3) is 5.91 Å². The van der Waals surface area contributed by atoms with E-state index in [4.69, 9.17) is 18.1 Å². The predicted octanol–water partition coefficient (Wildman–Crippen LogP) is 0.169. The normalized spacial score (nSPS) is 39.8. The molecule has 0 radical (unpaired) electrons. The SMILES string of the molecule is [2H]c1c(N)c2c(c([2H])c1F)C(=O)N([C@@]1([2H])C(=O)NC(=O)C([2H])([2H])C1([2H])[2H])C2([2H])[2H]. The van der Waals surface area contributed by atoms with E-state index in [9.17, 15) is 18.8 Å². The van der Waals surface area contributed by atoms with E-state index in [2.05, 4.69) is 0 Å². The van der Waals surface area contributed by atoms with Crippen molar-refractivity contribution in [1.29, 1.82) is 0 Å². The van der Waals surface area contributed by atoms with Crippen LogP contribution in [0.15, 0.2) is 12.1 Å². The van der Waals surface area contributed by atoms with Gasteiger partial charge < -0.3 is 10.6 Å². The van der Waals surface area contributed by atoms with Gasteiger partial charge in [-0.25, -0.2) is 4.39 Å². The van der Waals surface area contributed by atoms with Gasteiger partial charge in [0, 0.05) is 35.2 Å². The Hall–Kier alpha value is -2.44. The van der Waals surface area contributed by atoms with Crippen LogP contribution in [-0.2, 0) is 16.1 Å². The van der Waals surface area contributed by atoms with Gasteiger partial charge in [0.1, 0.15) is 11.8 Å². The lowest BCUT2D eigenvalue weighted by molar-refractivity contribution is -0.136. The number of hydrogen-bond acceptors (Lipinski definition) is 4. The van der Waals surface area contributed by atoms with Crippen molar-refractivity contribution in [2.24, 2.45) is 0 Å². The minimum atomic E-state index is -3.77. The van der Waals surface area contributed by atoms with Gasteiger partial charge >= 0.3 is 0 Å². The summed E-state index contributed by atoms with van der Waals surface area (Å²) in [4.78, 5) is 36.7. The molecule has 0 unspecified atom stereocenters. The van der Waals surface area contributed by atoms with Gasteiger partial charge in [-0.15, -0.1) is 0 Å². The molecule has 2 aliphatic rings. The van der Waals surface area contributed by atoms with Crippen molar-refractivity contribution in [3.8, 4) is 0 Å². The number of imide groups is 1. The van der Waals surface area contributed by atoms with Gasteiger partial charge in [0.2, 0.25) is 11.8 Å². The van der Waals surface area contributed by atoms with Gasteiger partial charge in [-0.2, -0.15) is 0 Å². The zero-order valence-electron chi connectivity index (χ0n) is 18.6. The van der Waals surface area contributed by atoms with Crippen LogP contribution in [0.1, 0.15) is 41.0 Å². The Kier molecular flexibility index (Phi) is 1.27. The van der Waals surface area contributed by atoms with E-state index in [1.54, 1.807) is 0 Å². The maximum Gasteiger partial charge on any atom is 0.255 e. The van der Waals surface area contributed by atoms with Crippen LogP contribution in [0.25, 0.3) is 0 Å². The topological polar surface area (TPSA) is 92.5 Å². The van der Waals surface area contributed by atoms with Gasteiger partial charge in [0.05, 0.1) is 6.85 Å². The van der Waals surface area contributed by atoms with Gasteiger partial charge in [0.15, 0.2) is 0 Å². The van der Waals surface area contributed by atoms with Gasteiger partial charge in [-0.1, -0.05) is 0 Å². The smallest absolute Gasteiger partial charge is 0.255 e. The number of nitrogen functional groups attached to an aromatic ring is 1. The number of carbonyl (C=O) groups excluding carboxylic acids is 3. The second-order valence-electron chi connectivity index (χ2n) is 3.86. The monoisotopic (exact) mass is 286 g/mol. The number of nitrogens with zero attached hydrogens (tertiary/aromatic N) is 1. The Morgan fingerprint density at radius 1 is 1.50 bits per heavy atom. The number of fused-ring (bicyclic) bond motifs is 1. The molecule has 0 spiro atoms. The summed E-state index contributed by atoms with van der Waals surface area (Å²) in [5, 5.41) is 1.40. The first-order valence-electron chi connectivity index (χ1n) is 9.76. The Labute approximate surface area is 126 Å². The number of benzene rings is 1. The number of nitrogens with one attached hydrogen (secondary N) is 1. The summed E-state index contributed by atoms with van der Waals surface area (Å²) in [7, 11) is 0. The third kappa shape index (κ3) is 1.82. The number of hydrogen-bond donors (Lipinski definition) is 2. The van der Waals surface area contributed by atoms with Crippen molar-refractivity contribution < 1.29 is 31.1 Å². The Morgan fingerprint density at radius 3 is 3.00 bits per heavy atom. The first-order chi connectivity index (χ1) is 13.0. The van der Waals surface area contributed by atoms with Crippen molar-refractivity contribution in [2.45, 2.75) is 25.3 Å². The number of halogens is 1. The highest BCUT2D eigenvalue weighted by Gasteiger charge is 2.39. The van der Waals surface area contributed by atoms with Crippen molar-refractivity contribution in [3.05, 3.63) is 29.0 Å². The molecule has 1 atom stereocenters. The molecule has 6 nitrogen and oxygen atoms in total. The van der Waals surface area contributed by atoms with Crippen LogP contribution in [0.2, 0.25) is 0 Å². The first kappa shape index (κ1) is 5.90. The second-order valence-corrected chi connectivity index (χ2v) is 3.86. The predicted molar refractivity (Wildman–Crippen MR) is 66.9 cm³/mol. The molecular weight excluding hydrogens is 265 g/mol. The highest BCUT2D eigenvalue weighted by Crippen LogP contribution is 2.31. The molecule has 3 amide bonds. The zero-order valence-corrected chi connectivity index (χ0v) is 9.63. The van der Waals surface area contributed by atoms with E-state index in [1.165, 1.54) is 5.32 Å². The van der Waals surface area contributed by atoms with Crippen LogP contribution in [-0.4, -0.2) is 28.6 Å². The molecule has 0 aromatic heterocycles. The highest BCUT2D eigenvalue weighted by molar-refractivity contribution is 6.06. The molecule has 1 fully saturated rings. The molecule has 2 heterocycles. The minimum Gasteiger partial charge on any atom is -0.398 e. The lowest BCUT2D eigenvalue weighted by Crippen LogP contribution is -2.52. The Bertz CT molecular complexity index is 1020. The third-order valence-electron chi connectivity index (χ3n) is 2.60. The van der Waals surface area contributed by atoms with E-state index >= 15 is 0 Å². The van der Waals surface area contributed by atoms with E-state index in [1.807, 2.05) is 0 Å². The zero-order chi connectivity index (χ0) is 22.5. The lowest BCUT2D eigenvalue weighted by atomic mass is 10.0. The van der Waals surface area contributed by atoms with Gasteiger partial charge in [-0.05, 0) is 18.5 Å². The number of rotatable bonds is 1. The van der Waals surface area contributed by atoms with E-state index in [-0.39, 0.29) is 4.90 Å². The molecular formula is C13H12FN3O3. The Morgan fingerprint density at radius 2 is 2.25 bits per heavy atom. The summed E-state index contributed by atoms with van der Waals surface area (Å²) in [6.45, 7) is -3.32. The fraction of sp³-hybridized carbons (Fsp3) is 0.308. The summed E-state index contributed by atoms with van der Waals surface area (Å²) >= 11 is 0. The van der Waals surface area contributed by atoms with Crippen LogP contribution in [0.4, 0.5) is 10.1 Å². The molecule has 1 aromatic carbocycles. The van der Waals surface area contributed by atoms with E-state index in [0.29, 0.717) is 0 Å². The molecule has 2 aliphatic heterocycles. The van der Waals surface area contributed by atoms with Crippen molar-refractivity contribution >= 4 is 23.4 Å². The fourth-order valence-electron chi connectivity index (χ4n) is 1.75. The molecule has 3 N–H and O–H groups in total. The average molecular weight is 286 g/mol. The molecule has 7 heteroatoms. The van der Waals surface area contributed by atoms with Crippen LogP contribution in [0, 0.1) is 5.82 Å². The van der Waals surface area contributed by atoms with E-state index < -0.39 is 77.7 Å². The van der Waals surface area contributed by atoms with Crippen LogP contribution in [0.5, 0.6) is 0 Å². The summed E-state index contributed by atoms with van der Waals surface area (Å²) in [6, 6.07) is -6.07. The van der Waals surface area contributed by atoms with Crippen LogP contribution >= 0.6 is 0 Å². The quantitative estimate of drug-likeness (QED) is 0.568.